The van der Waals surface area contributed by atoms with E-state index in [2.05, 4.69) is 17.0 Å². The van der Waals surface area contributed by atoms with Gasteiger partial charge in [0.2, 0.25) is 5.82 Å². The Labute approximate surface area is 184 Å². The van der Waals surface area contributed by atoms with Crippen LogP contribution in [0.25, 0.3) is 0 Å². The zero-order valence-corrected chi connectivity index (χ0v) is 17.8. The normalized spacial score (nSPS) is 35.4. The monoisotopic (exact) mass is 463 g/mol. The first-order valence-electron chi connectivity index (χ1n) is 10.4. The predicted molar refractivity (Wildman–Crippen MR) is 107 cm³/mol. The number of hydrogen-bond acceptors (Lipinski definition) is 12. The fourth-order valence-electron chi connectivity index (χ4n) is 3.61. The molecular weight excluding hydrogens is 430 g/mol. The molecule has 1 aromatic rings. The highest BCUT2D eigenvalue weighted by atomic mass is 16.6. The average Bonchev–Trinajstić information content (AvgIpc) is 3.36. The molecule has 3 rings (SSSR count). The summed E-state index contributed by atoms with van der Waals surface area (Å²) in [4.78, 5) is 16.2. The molecule has 2 aliphatic rings. The van der Waals surface area contributed by atoms with Crippen molar-refractivity contribution in [1.82, 2.24) is 19.7 Å². The molecule has 14 heteroatoms. The number of aromatic nitrogens is 3. The number of rotatable bonds is 7. The molecule has 0 aromatic carbocycles. The summed E-state index contributed by atoms with van der Waals surface area (Å²) in [5.74, 6) is -1.03. The predicted octanol–water partition coefficient (Wildman–Crippen LogP) is -4.47. The Balaban J connectivity index is 0.000000229. The van der Waals surface area contributed by atoms with Crippen LogP contribution >= 0.6 is 0 Å². The van der Waals surface area contributed by atoms with Gasteiger partial charge >= 0.3 is 0 Å². The number of aliphatic hydroxyl groups excluding tert-OH is 7. The number of likely N-dealkylation sites (tertiary alicyclic amines) is 1. The van der Waals surface area contributed by atoms with Crippen molar-refractivity contribution in [2.24, 2.45) is 5.73 Å². The highest BCUT2D eigenvalue weighted by molar-refractivity contribution is 5.88. The lowest BCUT2D eigenvalue weighted by atomic mass is 9.94. The maximum atomic E-state index is 10.8. The van der Waals surface area contributed by atoms with E-state index in [9.17, 15) is 30.3 Å². The van der Waals surface area contributed by atoms with Gasteiger partial charge in [-0.15, -0.1) is 5.10 Å². The van der Waals surface area contributed by atoms with Crippen molar-refractivity contribution < 1.29 is 45.3 Å². The average molecular weight is 463 g/mol. The first-order valence-corrected chi connectivity index (χ1v) is 10.4. The third-order valence-electron chi connectivity index (χ3n) is 5.52. The van der Waals surface area contributed by atoms with Gasteiger partial charge < -0.3 is 46.2 Å². The van der Waals surface area contributed by atoms with Gasteiger partial charge in [0, 0.05) is 6.54 Å². The summed E-state index contributed by atoms with van der Waals surface area (Å²) in [5, 5.41) is 69.5. The van der Waals surface area contributed by atoms with Crippen LogP contribution in [0.1, 0.15) is 36.6 Å². The molecule has 2 aliphatic heterocycles. The van der Waals surface area contributed by atoms with Crippen LogP contribution in [0.4, 0.5) is 0 Å². The van der Waals surface area contributed by atoms with E-state index in [-0.39, 0.29) is 12.4 Å². The molecule has 0 spiro atoms. The van der Waals surface area contributed by atoms with Crippen molar-refractivity contribution in [1.29, 1.82) is 0 Å². The quantitative estimate of drug-likeness (QED) is 0.191. The second-order valence-electron chi connectivity index (χ2n) is 7.79. The van der Waals surface area contributed by atoms with Gasteiger partial charge in [-0.1, -0.05) is 13.3 Å². The molecule has 0 bridgehead atoms. The molecule has 0 unspecified atom stereocenters. The Morgan fingerprint density at radius 1 is 1.12 bits per heavy atom. The molecule has 1 amide bonds. The van der Waals surface area contributed by atoms with Crippen molar-refractivity contribution in [3.8, 4) is 0 Å². The molecule has 0 saturated carbocycles. The first kappa shape index (κ1) is 26.5. The van der Waals surface area contributed by atoms with Crippen LogP contribution < -0.4 is 5.73 Å². The fraction of sp³-hybridized carbons (Fsp3) is 0.833. The van der Waals surface area contributed by atoms with Gasteiger partial charge in [-0.2, -0.15) is 0 Å². The molecule has 184 valence electrons. The number of unbranched alkanes of at least 4 members (excludes halogenated alkanes) is 1. The minimum Gasteiger partial charge on any atom is -0.395 e. The number of carbonyl (C=O) groups is 1. The summed E-state index contributed by atoms with van der Waals surface area (Å²) in [6.07, 6.45) is -4.45. The Bertz CT molecular complexity index is 723. The van der Waals surface area contributed by atoms with Crippen LogP contribution in [0.15, 0.2) is 6.33 Å². The van der Waals surface area contributed by atoms with Crippen LogP contribution in [0, 0.1) is 0 Å². The minimum atomic E-state index is -1.27. The molecule has 8 atom stereocenters. The van der Waals surface area contributed by atoms with E-state index < -0.39 is 61.4 Å². The molecule has 14 nitrogen and oxygen atoms in total. The Morgan fingerprint density at radius 2 is 1.81 bits per heavy atom. The van der Waals surface area contributed by atoms with Crippen LogP contribution in [-0.2, 0) is 4.74 Å². The Morgan fingerprint density at radius 3 is 2.31 bits per heavy atom. The summed E-state index contributed by atoms with van der Waals surface area (Å²) < 4.78 is 6.25. The number of primary amides is 1. The van der Waals surface area contributed by atoms with E-state index in [0.717, 1.165) is 30.4 Å². The van der Waals surface area contributed by atoms with Gasteiger partial charge in [0.05, 0.1) is 25.4 Å². The number of nitrogens with zero attached hydrogens (tertiary/aromatic N) is 4. The lowest BCUT2D eigenvalue weighted by molar-refractivity contribution is -0.145. The number of ether oxygens (including phenoxy) is 1. The molecule has 0 radical (unpaired) electrons. The maximum absolute atomic E-state index is 10.8. The van der Waals surface area contributed by atoms with Crippen LogP contribution in [-0.4, -0.2) is 130 Å². The molecule has 1 aromatic heterocycles. The van der Waals surface area contributed by atoms with E-state index >= 15 is 0 Å². The zero-order valence-electron chi connectivity index (χ0n) is 17.8. The van der Waals surface area contributed by atoms with Crippen molar-refractivity contribution in [3.63, 3.8) is 0 Å². The second kappa shape index (κ2) is 11.9. The van der Waals surface area contributed by atoms with E-state index in [0.29, 0.717) is 6.54 Å². The number of β-amino-alcohol motifs (C(OH)–C–C–N with tert-alkyl or cyclic N) is 1. The number of nitrogens with two attached hydrogens (primary N) is 1. The highest BCUT2D eigenvalue weighted by Crippen LogP contribution is 2.28. The number of hydrogen-bond donors (Lipinski definition) is 8. The van der Waals surface area contributed by atoms with Gasteiger partial charge in [-0.05, 0) is 13.0 Å². The molecule has 2 fully saturated rings. The van der Waals surface area contributed by atoms with E-state index in [1.54, 1.807) is 0 Å². The summed E-state index contributed by atoms with van der Waals surface area (Å²) >= 11 is 0. The highest BCUT2D eigenvalue weighted by Gasteiger charge is 2.44. The Hall–Kier alpha value is -1.75. The van der Waals surface area contributed by atoms with Crippen LogP contribution in [0.2, 0.25) is 0 Å². The lowest BCUT2D eigenvalue weighted by Gasteiger charge is -2.43. The van der Waals surface area contributed by atoms with Gasteiger partial charge in [0.25, 0.3) is 5.91 Å². The number of piperidine rings is 1. The summed E-state index contributed by atoms with van der Waals surface area (Å²) in [6.45, 7) is 2.45. The molecule has 32 heavy (non-hydrogen) atoms. The van der Waals surface area contributed by atoms with Crippen LogP contribution in [0.5, 0.6) is 0 Å². The van der Waals surface area contributed by atoms with Gasteiger partial charge in [-0.25, -0.2) is 9.67 Å². The van der Waals surface area contributed by atoms with E-state index in [1.807, 2.05) is 4.90 Å². The van der Waals surface area contributed by atoms with E-state index in [1.165, 1.54) is 0 Å². The first-order chi connectivity index (χ1) is 15.2. The van der Waals surface area contributed by atoms with Crippen LogP contribution in [0.3, 0.4) is 0 Å². The van der Waals surface area contributed by atoms with Crippen molar-refractivity contribution >= 4 is 5.91 Å². The number of carbonyl (C=O) groups excluding carboxylic acids is 1. The number of amides is 1. The summed E-state index contributed by atoms with van der Waals surface area (Å²) in [7, 11) is 0. The zero-order chi connectivity index (χ0) is 24.0. The molecule has 3 heterocycles. The lowest BCUT2D eigenvalue weighted by Crippen LogP contribution is -2.62. The molecular formula is C18H33N5O9. The summed E-state index contributed by atoms with van der Waals surface area (Å²) in [6, 6.07) is -0.463. The molecule has 2 saturated heterocycles. The minimum absolute atomic E-state index is 0.200. The van der Waals surface area contributed by atoms with Crippen molar-refractivity contribution in [3.05, 3.63) is 12.2 Å². The fourth-order valence-corrected chi connectivity index (χ4v) is 3.61. The number of aliphatic hydroxyl groups is 7. The largest absolute Gasteiger partial charge is 0.395 e. The molecule has 0 aliphatic carbocycles. The maximum Gasteiger partial charge on any atom is 0.288 e. The van der Waals surface area contributed by atoms with Gasteiger partial charge in [0.15, 0.2) is 6.23 Å². The smallest absolute Gasteiger partial charge is 0.288 e. The van der Waals surface area contributed by atoms with Gasteiger partial charge in [0.1, 0.15) is 36.8 Å². The third kappa shape index (κ3) is 5.98. The second-order valence-corrected chi connectivity index (χ2v) is 7.79. The summed E-state index contributed by atoms with van der Waals surface area (Å²) in [5.41, 5.74) is 4.97. The SMILES string of the molecule is CCCCN1C[C@H](O)[C@@H](O)[C@H](O)[C@H]1CO.NC(=O)c1ncn([C@@H]2O[C@H](CO)[C@@H](O)[C@H]2O)n1. The van der Waals surface area contributed by atoms with E-state index in [4.69, 9.17) is 20.7 Å². The topological polar surface area (TPSA) is 228 Å². The standard InChI is InChI=1S/C10H21NO4.C8H12N4O5/c1-2-3-4-11-5-8(13)10(15)9(14)7(11)6-12;9-6(16)7-10-2-12(11-7)8-5(15)4(14)3(1-13)17-8/h7-10,12-15H,2-6H2,1H3;2-5,8,13-15H,1H2,(H2,9,16)/t7-,8+,9-,10-;3-,4-,5-,8-/m11/s1. The molecule has 9 N–H and O–H groups in total. The van der Waals surface area contributed by atoms with Gasteiger partial charge in [-0.3, -0.25) is 9.69 Å². The Kier molecular flexibility index (Phi) is 9.87. The third-order valence-corrected chi connectivity index (χ3v) is 5.52. The van der Waals surface area contributed by atoms with Crippen molar-refractivity contribution in [2.45, 2.75) is 68.7 Å². The van der Waals surface area contributed by atoms with Crippen molar-refractivity contribution in [2.75, 3.05) is 26.3 Å².